The molecule has 1 unspecified atom stereocenters. The van der Waals surface area contributed by atoms with Gasteiger partial charge < -0.3 is 15.5 Å². The Bertz CT molecular complexity index is 600. The van der Waals surface area contributed by atoms with Gasteiger partial charge in [-0.05, 0) is 37.7 Å². The van der Waals surface area contributed by atoms with E-state index in [1.165, 1.54) is 5.56 Å². The largest absolute Gasteiger partial charge is 0.383 e. The minimum Gasteiger partial charge on any atom is -0.383 e. The molecule has 2 aliphatic heterocycles. The molecule has 0 saturated carbocycles. The first-order chi connectivity index (χ1) is 10.6. The number of aromatic nitrogens is 1. The van der Waals surface area contributed by atoms with Crippen LogP contribution in [0.2, 0.25) is 0 Å². The molecule has 1 atom stereocenters. The van der Waals surface area contributed by atoms with Crippen LogP contribution in [0.25, 0.3) is 0 Å². The Morgan fingerprint density at radius 2 is 2.36 bits per heavy atom. The Morgan fingerprint density at radius 1 is 1.50 bits per heavy atom. The fourth-order valence-corrected chi connectivity index (χ4v) is 3.05. The third kappa shape index (κ3) is 3.20. The summed E-state index contributed by atoms with van der Waals surface area (Å²) in [5.74, 6) is 0. The van der Waals surface area contributed by atoms with Gasteiger partial charge in [0.1, 0.15) is 5.69 Å². The van der Waals surface area contributed by atoms with E-state index in [2.05, 4.69) is 44.9 Å². The summed E-state index contributed by atoms with van der Waals surface area (Å²) in [6, 6.07) is 2.46. The highest BCUT2D eigenvalue weighted by Crippen LogP contribution is 2.23. The summed E-state index contributed by atoms with van der Waals surface area (Å²) in [4.78, 5) is 6.62. The number of aryl methyl sites for hydroxylation is 1. The highest BCUT2D eigenvalue weighted by atomic mass is 32.1. The van der Waals surface area contributed by atoms with Gasteiger partial charge in [0.2, 0.25) is 0 Å². The summed E-state index contributed by atoms with van der Waals surface area (Å²) in [7, 11) is 0. The fraction of sp³-hybridized carbons (Fsp3) is 0.533. The van der Waals surface area contributed by atoms with E-state index in [1.54, 1.807) is 0 Å². The molecule has 0 aliphatic carbocycles. The highest BCUT2D eigenvalue weighted by molar-refractivity contribution is 7.80. The maximum absolute atomic E-state index is 5.46. The zero-order valence-electron chi connectivity index (χ0n) is 13.0. The Hall–Kier alpha value is -1.73. The molecule has 0 aromatic carbocycles. The zero-order chi connectivity index (χ0) is 15.5. The predicted molar refractivity (Wildman–Crippen MR) is 93.4 cm³/mol. The number of nitrogens with one attached hydrogen (secondary N) is 3. The van der Waals surface area contributed by atoms with Crippen LogP contribution in [0.4, 0.5) is 5.69 Å². The minimum atomic E-state index is 0.449. The minimum absolute atomic E-state index is 0.449. The summed E-state index contributed by atoms with van der Waals surface area (Å²) in [5, 5.41) is 12.0. The average Bonchev–Trinajstić information content (AvgIpc) is 2.53. The number of pyridine rings is 1. The smallest absolute Gasteiger partial charge is 0.189 e. The molecule has 1 aromatic heterocycles. The molecule has 0 radical (unpaired) electrons. The van der Waals surface area contributed by atoms with Gasteiger partial charge in [0, 0.05) is 44.8 Å². The van der Waals surface area contributed by atoms with Gasteiger partial charge in [0.05, 0.1) is 11.4 Å². The van der Waals surface area contributed by atoms with Crippen molar-refractivity contribution in [2.24, 2.45) is 5.10 Å². The number of thiocarbonyl (C=S) groups is 1. The molecule has 1 aromatic rings. The summed E-state index contributed by atoms with van der Waals surface area (Å²) < 4.78 is 0. The highest BCUT2D eigenvalue weighted by Gasteiger charge is 2.20. The van der Waals surface area contributed by atoms with Gasteiger partial charge in [0.15, 0.2) is 5.11 Å². The number of nitrogens with zero attached hydrogens (tertiary/aromatic N) is 3. The number of hydrogen-bond acceptors (Lipinski definition) is 5. The van der Waals surface area contributed by atoms with Crippen LogP contribution in [-0.2, 0) is 0 Å². The van der Waals surface area contributed by atoms with Crippen molar-refractivity contribution in [1.29, 1.82) is 0 Å². The average molecular weight is 318 g/mol. The number of hydrazone groups is 1. The molecule has 1 saturated heterocycles. The molecule has 0 bridgehead atoms. The van der Waals surface area contributed by atoms with E-state index in [1.807, 2.05) is 12.3 Å². The van der Waals surface area contributed by atoms with Crippen molar-refractivity contribution in [3.63, 3.8) is 0 Å². The van der Waals surface area contributed by atoms with Crippen LogP contribution in [0.5, 0.6) is 0 Å². The van der Waals surface area contributed by atoms with Crippen LogP contribution in [0.15, 0.2) is 17.4 Å². The van der Waals surface area contributed by atoms with Crippen LogP contribution >= 0.6 is 12.2 Å². The maximum atomic E-state index is 5.46. The number of rotatable bonds is 1. The zero-order valence-corrected chi connectivity index (χ0v) is 13.8. The summed E-state index contributed by atoms with van der Waals surface area (Å²) in [5.41, 5.74) is 7.21. The Kier molecular flexibility index (Phi) is 4.54. The summed E-state index contributed by atoms with van der Waals surface area (Å²) >= 11 is 5.46. The summed E-state index contributed by atoms with van der Waals surface area (Å²) in [6.07, 6.45) is 2.67. The van der Waals surface area contributed by atoms with Gasteiger partial charge in [-0.2, -0.15) is 5.10 Å². The van der Waals surface area contributed by atoms with Crippen LogP contribution < -0.4 is 16.1 Å². The summed E-state index contributed by atoms with van der Waals surface area (Å²) in [6.45, 7) is 7.89. The van der Waals surface area contributed by atoms with Crippen molar-refractivity contribution in [2.75, 3.05) is 31.5 Å². The first kappa shape index (κ1) is 15.2. The number of piperazine rings is 1. The number of hydrogen-bond donors (Lipinski definition) is 3. The van der Waals surface area contributed by atoms with Crippen LogP contribution in [0.1, 0.15) is 24.6 Å². The molecule has 6 nitrogen and oxygen atoms in total. The lowest BCUT2D eigenvalue weighted by Gasteiger charge is -2.33. The van der Waals surface area contributed by atoms with E-state index in [9.17, 15) is 0 Å². The van der Waals surface area contributed by atoms with Crippen LogP contribution in [0, 0.1) is 6.92 Å². The number of anilines is 1. The Morgan fingerprint density at radius 3 is 3.18 bits per heavy atom. The van der Waals surface area contributed by atoms with Crippen molar-refractivity contribution < 1.29 is 0 Å². The van der Waals surface area contributed by atoms with Gasteiger partial charge in [-0.15, -0.1) is 0 Å². The van der Waals surface area contributed by atoms with Crippen molar-refractivity contribution >= 4 is 28.7 Å². The van der Waals surface area contributed by atoms with E-state index in [0.29, 0.717) is 11.2 Å². The van der Waals surface area contributed by atoms with E-state index in [-0.39, 0.29) is 0 Å². The molecule has 2 aliphatic rings. The lowest BCUT2D eigenvalue weighted by Crippen LogP contribution is -2.53. The molecule has 22 heavy (non-hydrogen) atoms. The second kappa shape index (κ2) is 6.58. The monoisotopic (exact) mass is 318 g/mol. The van der Waals surface area contributed by atoms with Gasteiger partial charge in [-0.1, -0.05) is 0 Å². The number of fused-ring (bicyclic) bond motifs is 1. The van der Waals surface area contributed by atoms with E-state index < -0.39 is 0 Å². The molecule has 0 spiro atoms. The molecule has 3 N–H and O–H groups in total. The quantitative estimate of drug-likeness (QED) is 0.532. The van der Waals surface area contributed by atoms with Gasteiger partial charge in [-0.3, -0.25) is 10.4 Å². The third-order valence-electron chi connectivity index (χ3n) is 4.04. The fourth-order valence-electron chi connectivity index (χ4n) is 2.84. The molecule has 3 rings (SSSR count). The van der Waals surface area contributed by atoms with Gasteiger partial charge >= 0.3 is 0 Å². The molecule has 0 amide bonds. The van der Waals surface area contributed by atoms with Crippen LogP contribution in [-0.4, -0.2) is 52.9 Å². The topological polar surface area (TPSA) is 64.6 Å². The molecular formula is C15H22N6S. The van der Waals surface area contributed by atoms with E-state index in [0.717, 1.165) is 49.7 Å². The molecule has 3 heterocycles. The normalized spacial score (nSPS) is 22.9. The standard InChI is InChI=1S/C15H22N6S/c1-10-3-5-18-14-12(4-6-17-13(10)14)19-20-15(22)21-8-7-16-11(2)9-21/h3,5,11,16-17H,4,6-9H2,1-2H3,(H,20,22)/b19-12-. The van der Waals surface area contributed by atoms with E-state index >= 15 is 0 Å². The van der Waals surface area contributed by atoms with Crippen LogP contribution in [0.3, 0.4) is 0 Å². The predicted octanol–water partition coefficient (Wildman–Crippen LogP) is 1.08. The van der Waals surface area contributed by atoms with Gasteiger partial charge in [-0.25, -0.2) is 0 Å². The van der Waals surface area contributed by atoms with Gasteiger partial charge in [0.25, 0.3) is 0 Å². The molecular weight excluding hydrogens is 296 g/mol. The lowest BCUT2D eigenvalue weighted by molar-refractivity contribution is 0.301. The lowest BCUT2D eigenvalue weighted by atomic mass is 10.0. The SMILES string of the molecule is Cc1ccnc2c1NCC/C2=N/NC(=S)N1CCNC(C)C1. The Labute approximate surface area is 136 Å². The maximum Gasteiger partial charge on any atom is 0.189 e. The second-order valence-electron chi connectivity index (χ2n) is 5.80. The van der Waals surface area contributed by atoms with Crippen molar-refractivity contribution in [3.05, 3.63) is 23.5 Å². The van der Waals surface area contributed by atoms with Crippen molar-refractivity contribution in [1.82, 2.24) is 20.6 Å². The molecule has 1 fully saturated rings. The first-order valence-corrected chi connectivity index (χ1v) is 8.10. The van der Waals surface area contributed by atoms with Crippen molar-refractivity contribution in [3.8, 4) is 0 Å². The van der Waals surface area contributed by atoms with Crippen molar-refractivity contribution in [2.45, 2.75) is 26.3 Å². The first-order valence-electron chi connectivity index (χ1n) is 7.70. The third-order valence-corrected chi connectivity index (χ3v) is 4.39. The molecule has 7 heteroatoms. The Balaban J connectivity index is 1.71. The van der Waals surface area contributed by atoms with E-state index in [4.69, 9.17) is 12.2 Å². The second-order valence-corrected chi connectivity index (χ2v) is 6.19. The molecule has 118 valence electrons.